The summed E-state index contributed by atoms with van der Waals surface area (Å²) >= 11 is 0. The first-order valence-corrected chi connectivity index (χ1v) is 23.4. The SMILES string of the molecule is c1ccc(-c2cccc(-c3ccc(-c4ccc(-c5ccc(-c6ccc(-n7c8ccccc8c8ccccc87)cc6)c(-c6ccc(-n7c8ccccc8c8ccccc87)cc6)c5)cc4)cc3)c2)cc1. The Morgan fingerprint density at radius 2 is 0.471 bits per heavy atom. The predicted octanol–water partition coefficient (Wildman–Crippen LogP) is 17.9. The number of fused-ring (bicyclic) bond motifs is 6. The molecule has 11 aromatic carbocycles. The smallest absolute Gasteiger partial charge is 0.0541 e. The van der Waals surface area contributed by atoms with Crippen molar-refractivity contribution in [2.45, 2.75) is 0 Å². The first-order valence-electron chi connectivity index (χ1n) is 23.4. The van der Waals surface area contributed by atoms with E-state index in [1.807, 2.05) is 0 Å². The van der Waals surface area contributed by atoms with Crippen LogP contribution in [-0.4, -0.2) is 9.13 Å². The normalized spacial score (nSPS) is 11.5. The zero-order valence-electron chi connectivity index (χ0n) is 37.3. The number of hydrogen-bond acceptors (Lipinski definition) is 0. The molecule has 0 aliphatic carbocycles. The minimum atomic E-state index is 1.14. The highest BCUT2D eigenvalue weighted by Crippen LogP contribution is 2.40. The van der Waals surface area contributed by atoms with Crippen LogP contribution >= 0.6 is 0 Å². The van der Waals surface area contributed by atoms with Crippen molar-refractivity contribution < 1.29 is 0 Å². The van der Waals surface area contributed by atoms with E-state index in [-0.39, 0.29) is 0 Å². The van der Waals surface area contributed by atoms with E-state index in [0.29, 0.717) is 0 Å². The Morgan fingerprint density at radius 3 is 0.897 bits per heavy atom. The van der Waals surface area contributed by atoms with Gasteiger partial charge in [-0.3, -0.25) is 0 Å². The predicted molar refractivity (Wildman–Crippen MR) is 288 cm³/mol. The van der Waals surface area contributed by atoms with Gasteiger partial charge in [-0.25, -0.2) is 0 Å². The molecule has 0 spiro atoms. The lowest BCUT2D eigenvalue weighted by molar-refractivity contribution is 1.18. The third-order valence-corrected chi connectivity index (χ3v) is 13.8. The molecule has 0 saturated carbocycles. The Bertz CT molecular complexity index is 3860. The quantitative estimate of drug-likeness (QED) is 0.144. The first-order chi connectivity index (χ1) is 33.7. The summed E-state index contributed by atoms with van der Waals surface area (Å²) in [6.07, 6.45) is 0. The number of hydrogen-bond donors (Lipinski definition) is 0. The number of rotatable bonds is 8. The number of nitrogens with zero attached hydrogens (tertiary/aromatic N) is 2. The second-order valence-corrected chi connectivity index (χ2v) is 17.7. The van der Waals surface area contributed by atoms with Gasteiger partial charge in [0.2, 0.25) is 0 Å². The van der Waals surface area contributed by atoms with E-state index in [0.717, 1.165) is 11.4 Å². The van der Waals surface area contributed by atoms with Gasteiger partial charge in [0.15, 0.2) is 0 Å². The molecule has 0 aliphatic rings. The fourth-order valence-corrected chi connectivity index (χ4v) is 10.4. The monoisotopic (exact) mass is 864 g/mol. The molecule has 2 heteroatoms. The molecule has 0 aliphatic heterocycles. The molecule has 0 bridgehead atoms. The standard InChI is InChI=1S/C66H44N2/c1-2-13-45(14-3-1)52-15-12-16-53(43-52)48-29-25-46(26-30-48)47-27-31-49(32-28-47)54-37-42-57(50-33-38-55(39-34-50)67-63-21-8-4-17-58(63)59-18-5-9-22-64(59)67)62(44-54)51-35-40-56(41-36-51)68-65-23-10-6-19-60(65)61-20-7-11-24-66(61)68/h1-44H. The van der Waals surface area contributed by atoms with Gasteiger partial charge in [-0.05, 0) is 127 Å². The molecule has 0 amide bonds. The molecule has 0 unspecified atom stereocenters. The van der Waals surface area contributed by atoms with Gasteiger partial charge in [-0.1, -0.05) is 206 Å². The molecule has 2 nitrogen and oxygen atoms in total. The van der Waals surface area contributed by atoms with E-state index in [1.165, 1.54) is 110 Å². The van der Waals surface area contributed by atoms with Crippen LogP contribution in [0, 0.1) is 0 Å². The van der Waals surface area contributed by atoms with E-state index in [9.17, 15) is 0 Å². The van der Waals surface area contributed by atoms with E-state index >= 15 is 0 Å². The molecule has 2 aromatic heterocycles. The second-order valence-electron chi connectivity index (χ2n) is 17.7. The van der Waals surface area contributed by atoms with Crippen molar-refractivity contribution in [3.05, 3.63) is 267 Å². The summed E-state index contributed by atoms with van der Waals surface area (Å²) in [6, 6.07) is 97.4. The first kappa shape index (κ1) is 39.4. The fourth-order valence-electron chi connectivity index (χ4n) is 10.4. The van der Waals surface area contributed by atoms with E-state index in [2.05, 4.69) is 276 Å². The van der Waals surface area contributed by atoms with Crippen LogP contribution in [0.3, 0.4) is 0 Å². The third-order valence-electron chi connectivity index (χ3n) is 13.8. The molecule has 0 radical (unpaired) electrons. The Labute approximate surface area is 395 Å². The lowest BCUT2D eigenvalue weighted by Gasteiger charge is -2.16. The van der Waals surface area contributed by atoms with Gasteiger partial charge in [0.05, 0.1) is 22.1 Å². The van der Waals surface area contributed by atoms with Gasteiger partial charge in [0.25, 0.3) is 0 Å². The lowest BCUT2D eigenvalue weighted by Crippen LogP contribution is -1.95. The maximum Gasteiger partial charge on any atom is 0.0541 e. The van der Waals surface area contributed by atoms with Crippen molar-refractivity contribution in [3.8, 4) is 78.1 Å². The van der Waals surface area contributed by atoms with E-state index < -0.39 is 0 Å². The Morgan fingerprint density at radius 1 is 0.176 bits per heavy atom. The molecule has 2 heterocycles. The molecule has 0 fully saturated rings. The number of para-hydroxylation sites is 4. The van der Waals surface area contributed by atoms with Gasteiger partial charge in [-0.15, -0.1) is 0 Å². The van der Waals surface area contributed by atoms with Crippen LogP contribution in [0.25, 0.3) is 122 Å². The van der Waals surface area contributed by atoms with E-state index in [4.69, 9.17) is 0 Å². The molecule has 13 rings (SSSR count). The average Bonchev–Trinajstić information content (AvgIpc) is 3.94. The molecule has 318 valence electrons. The Kier molecular flexibility index (Phi) is 9.54. The van der Waals surface area contributed by atoms with Crippen LogP contribution in [0.4, 0.5) is 0 Å². The van der Waals surface area contributed by atoms with Crippen molar-refractivity contribution in [2.24, 2.45) is 0 Å². The summed E-state index contributed by atoms with van der Waals surface area (Å²) in [7, 11) is 0. The molecular weight excluding hydrogens is 821 g/mol. The molecule has 0 N–H and O–H groups in total. The topological polar surface area (TPSA) is 9.86 Å². The maximum atomic E-state index is 2.39. The Hall–Kier alpha value is -8.98. The van der Waals surface area contributed by atoms with Crippen molar-refractivity contribution in [1.29, 1.82) is 0 Å². The number of aromatic nitrogens is 2. The minimum Gasteiger partial charge on any atom is -0.309 e. The average molecular weight is 865 g/mol. The maximum absolute atomic E-state index is 2.39. The third kappa shape index (κ3) is 6.82. The van der Waals surface area contributed by atoms with Crippen molar-refractivity contribution >= 4 is 43.6 Å². The van der Waals surface area contributed by atoms with Crippen LogP contribution in [0.5, 0.6) is 0 Å². The van der Waals surface area contributed by atoms with E-state index in [1.54, 1.807) is 0 Å². The highest BCUT2D eigenvalue weighted by atomic mass is 15.0. The molecule has 0 saturated heterocycles. The largest absolute Gasteiger partial charge is 0.309 e. The van der Waals surface area contributed by atoms with Gasteiger partial charge >= 0.3 is 0 Å². The summed E-state index contributed by atoms with van der Waals surface area (Å²) in [5, 5.41) is 5.06. The van der Waals surface area contributed by atoms with Gasteiger partial charge in [0.1, 0.15) is 0 Å². The zero-order valence-corrected chi connectivity index (χ0v) is 37.3. The van der Waals surface area contributed by atoms with Gasteiger partial charge in [-0.2, -0.15) is 0 Å². The Balaban J connectivity index is 0.862. The molecule has 68 heavy (non-hydrogen) atoms. The fraction of sp³-hybridized carbons (Fsp3) is 0. The van der Waals surface area contributed by atoms with Crippen LogP contribution in [-0.2, 0) is 0 Å². The number of benzene rings is 11. The molecule has 0 atom stereocenters. The minimum absolute atomic E-state index is 1.14. The van der Waals surface area contributed by atoms with Gasteiger partial charge < -0.3 is 9.13 Å². The molecule has 13 aromatic rings. The second kappa shape index (κ2) is 16.5. The molecular formula is C66H44N2. The summed E-state index contributed by atoms with van der Waals surface area (Å²) in [6.45, 7) is 0. The van der Waals surface area contributed by atoms with Crippen molar-refractivity contribution in [2.75, 3.05) is 0 Å². The summed E-state index contributed by atoms with van der Waals surface area (Å²) in [5.74, 6) is 0. The highest BCUT2D eigenvalue weighted by molar-refractivity contribution is 6.10. The van der Waals surface area contributed by atoms with Crippen LogP contribution in [0.1, 0.15) is 0 Å². The van der Waals surface area contributed by atoms with Crippen molar-refractivity contribution in [1.82, 2.24) is 9.13 Å². The van der Waals surface area contributed by atoms with Crippen LogP contribution < -0.4 is 0 Å². The summed E-state index contributed by atoms with van der Waals surface area (Å²) < 4.78 is 4.77. The van der Waals surface area contributed by atoms with Crippen LogP contribution in [0.15, 0.2) is 267 Å². The van der Waals surface area contributed by atoms with Crippen molar-refractivity contribution in [3.63, 3.8) is 0 Å². The lowest BCUT2D eigenvalue weighted by atomic mass is 9.90. The summed E-state index contributed by atoms with van der Waals surface area (Å²) in [4.78, 5) is 0. The van der Waals surface area contributed by atoms with Crippen LogP contribution in [0.2, 0.25) is 0 Å². The highest BCUT2D eigenvalue weighted by Gasteiger charge is 2.16. The summed E-state index contributed by atoms with van der Waals surface area (Å²) in [5.41, 5.74) is 21.5. The van der Waals surface area contributed by atoms with Gasteiger partial charge in [0, 0.05) is 32.9 Å². The zero-order chi connectivity index (χ0) is 45.0.